The average molecular weight is 547 g/mol. The minimum absolute atomic E-state index is 0.0160. The van der Waals surface area contributed by atoms with E-state index in [1.165, 1.54) is 25.3 Å². The van der Waals surface area contributed by atoms with Gasteiger partial charge in [-0.1, -0.05) is 12.8 Å². The van der Waals surface area contributed by atoms with E-state index < -0.39 is 4.92 Å². The van der Waals surface area contributed by atoms with Crippen LogP contribution in [0.3, 0.4) is 0 Å². The van der Waals surface area contributed by atoms with Gasteiger partial charge in [-0.3, -0.25) is 14.9 Å². The van der Waals surface area contributed by atoms with Crippen LogP contribution < -0.4 is 14.8 Å². The number of nitriles is 1. The summed E-state index contributed by atoms with van der Waals surface area (Å²) in [7, 11) is 1.51. The third-order valence-corrected chi connectivity index (χ3v) is 5.95. The van der Waals surface area contributed by atoms with E-state index in [9.17, 15) is 20.2 Å². The molecule has 1 N–H and O–H groups in total. The van der Waals surface area contributed by atoms with Crippen LogP contribution in [0.4, 0.5) is 5.69 Å². The summed E-state index contributed by atoms with van der Waals surface area (Å²) in [6.07, 6.45) is 5.60. The molecule has 9 heteroatoms. The number of nitrogens with zero attached hydrogens (tertiary/aromatic N) is 2. The molecule has 0 radical (unpaired) electrons. The number of rotatable bonds is 8. The Kier molecular flexibility index (Phi) is 8.05. The fraction of sp³-hybridized carbons (Fsp3) is 0.304. The zero-order chi connectivity index (χ0) is 23.1. The molecule has 0 heterocycles. The molecule has 0 spiro atoms. The van der Waals surface area contributed by atoms with Crippen molar-refractivity contribution in [3.8, 4) is 17.6 Å². The lowest BCUT2D eigenvalue weighted by molar-refractivity contribution is -0.384. The highest BCUT2D eigenvalue weighted by Crippen LogP contribution is 2.35. The van der Waals surface area contributed by atoms with E-state index in [0.29, 0.717) is 17.1 Å². The van der Waals surface area contributed by atoms with E-state index in [4.69, 9.17) is 9.47 Å². The van der Waals surface area contributed by atoms with Gasteiger partial charge in [-0.15, -0.1) is 0 Å². The number of amides is 1. The topological polar surface area (TPSA) is 114 Å². The molecule has 32 heavy (non-hydrogen) atoms. The van der Waals surface area contributed by atoms with Crippen LogP contribution >= 0.6 is 22.6 Å². The Morgan fingerprint density at radius 1 is 1.31 bits per heavy atom. The van der Waals surface area contributed by atoms with Gasteiger partial charge in [0.15, 0.2) is 11.5 Å². The predicted octanol–water partition coefficient (Wildman–Crippen LogP) is 4.75. The number of nitrogens with one attached hydrogen (secondary N) is 1. The number of nitro benzene ring substituents is 1. The fourth-order valence-electron chi connectivity index (χ4n) is 3.48. The zero-order valence-corrected chi connectivity index (χ0v) is 19.6. The number of carbonyl (C=O) groups is 1. The smallest absolute Gasteiger partial charge is 0.269 e. The summed E-state index contributed by atoms with van der Waals surface area (Å²) in [5.74, 6) is 0.600. The van der Waals surface area contributed by atoms with E-state index in [1.807, 2.05) is 6.07 Å². The Bertz CT molecular complexity index is 1070. The number of ether oxygens (including phenoxy) is 2. The van der Waals surface area contributed by atoms with E-state index in [-0.39, 0.29) is 29.8 Å². The van der Waals surface area contributed by atoms with Crippen molar-refractivity contribution in [2.45, 2.75) is 38.3 Å². The second-order valence-electron chi connectivity index (χ2n) is 7.37. The average Bonchev–Trinajstić information content (AvgIpc) is 3.29. The van der Waals surface area contributed by atoms with Crippen LogP contribution in [0.15, 0.2) is 42.0 Å². The van der Waals surface area contributed by atoms with Crippen molar-refractivity contribution in [2.24, 2.45) is 0 Å². The van der Waals surface area contributed by atoms with Crippen molar-refractivity contribution in [1.29, 1.82) is 5.26 Å². The second kappa shape index (κ2) is 10.9. The Morgan fingerprint density at radius 2 is 2.00 bits per heavy atom. The normalized spacial score (nSPS) is 14.0. The van der Waals surface area contributed by atoms with Crippen molar-refractivity contribution in [3.05, 3.63) is 66.8 Å². The van der Waals surface area contributed by atoms with E-state index in [1.54, 1.807) is 24.3 Å². The molecule has 0 saturated heterocycles. The molecule has 1 saturated carbocycles. The quantitative estimate of drug-likeness (QED) is 0.168. The van der Waals surface area contributed by atoms with Crippen molar-refractivity contribution in [3.63, 3.8) is 0 Å². The van der Waals surface area contributed by atoms with Crippen LogP contribution in [0, 0.1) is 25.0 Å². The molecule has 8 nitrogen and oxygen atoms in total. The summed E-state index contributed by atoms with van der Waals surface area (Å²) in [5, 5.41) is 23.2. The largest absolute Gasteiger partial charge is 0.493 e. The van der Waals surface area contributed by atoms with Crippen molar-refractivity contribution >= 4 is 40.3 Å². The summed E-state index contributed by atoms with van der Waals surface area (Å²) < 4.78 is 12.1. The predicted molar refractivity (Wildman–Crippen MR) is 127 cm³/mol. The van der Waals surface area contributed by atoms with Gasteiger partial charge < -0.3 is 14.8 Å². The van der Waals surface area contributed by atoms with E-state index in [0.717, 1.165) is 34.8 Å². The highest BCUT2D eigenvalue weighted by atomic mass is 127. The molecule has 166 valence electrons. The standard InChI is InChI=1S/C23H22IN3O5/c1-31-21-12-16(10-17(13-25)23(28)26-18-4-2-3-5-18)11-20(24)22(21)32-14-15-6-8-19(9-7-15)27(29)30/h6-12,18H,2-5,14H2,1H3,(H,26,28)/b17-10-. The number of nitro groups is 1. The third-order valence-electron chi connectivity index (χ3n) is 5.15. The lowest BCUT2D eigenvalue weighted by Crippen LogP contribution is -2.33. The number of benzene rings is 2. The molecule has 0 aliphatic heterocycles. The van der Waals surface area contributed by atoms with Gasteiger partial charge in [0, 0.05) is 18.2 Å². The first kappa shape index (κ1) is 23.5. The van der Waals surface area contributed by atoms with Crippen molar-refractivity contribution in [2.75, 3.05) is 7.11 Å². The molecule has 1 aliphatic carbocycles. The van der Waals surface area contributed by atoms with Gasteiger partial charge in [-0.2, -0.15) is 5.26 Å². The zero-order valence-electron chi connectivity index (χ0n) is 17.5. The van der Waals surface area contributed by atoms with Gasteiger partial charge in [0.25, 0.3) is 11.6 Å². The van der Waals surface area contributed by atoms with Gasteiger partial charge in [0.05, 0.1) is 15.6 Å². The summed E-state index contributed by atoms with van der Waals surface area (Å²) in [6, 6.07) is 11.7. The van der Waals surface area contributed by atoms with Crippen LogP contribution in [-0.4, -0.2) is 24.0 Å². The van der Waals surface area contributed by atoms with Gasteiger partial charge >= 0.3 is 0 Å². The molecule has 2 aromatic rings. The summed E-state index contributed by atoms with van der Waals surface area (Å²) in [4.78, 5) is 22.8. The Morgan fingerprint density at radius 3 is 2.59 bits per heavy atom. The highest BCUT2D eigenvalue weighted by Gasteiger charge is 2.20. The van der Waals surface area contributed by atoms with E-state index in [2.05, 4.69) is 27.9 Å². The molecular weight excluding hydrogens is 525 g/mol. The number of halogens is 1. The SMILES string of the molecule is COc1cc(/C=C(/C#N)C(=O)NC2CCCC2)cc(I)c1OCc1ccc([N+](=O)[O-])cc1. The Balaban J connectivity index is 1.76. The first-order valence-corrected chi connectivity index (χ1v) is 11.2. The highest BCUT2D eigenvalue weighted by molar-refractivity contribution is 14.1. The van der Waals surface area contributed by atoms with Gasteiger partial charge in [-0.25, -0.2) is 0 Å². The number of hydrogen-bond acceptors (Lipinski definition) is 6. The maximum atomic E-state index is 12.5. The van der Waals surface area contributed by atoms with Gasteiger partial charge in [0.1, 0.15) is 18.2 Å². The molecule has 1 amide bonds. The maximum Gasteiger partial charge on any atom is 0.269 e. The molecule has 0 atom stereocenters. The number of methoxy groups -OCH3 is 1. The Hall–Kier alpha value is -3.13. The first-order valence-electron chi connectivity index (χ1n) is 10.1. The lowest BCUT2D eigenvalue weighted by atomic mass is 10.1. The number of carbonyl (C=O) groups excluding carboxylic acids is 1. The van der Waals surface area contributed by atoms with Crippen LogP contribution in [0.25, 0.3) is 6.08 Å². The van der Waals surface area contributed by atoms with Crippen LogP contribution in [0.2, 0.25) is 0 Å². The maximum absolute atomic E-state index is 12.5. The molecule has 1 aliphatic rings. The number of non-ortho nitro benzene ring substituents is 1. The summed E-state index contributed by atoms with van der Waals surface area (Å²) in [6.45, 7) is 0.201. The minimum Gasteiger partial charge on any atom is -0.493 e. The second-order valence-corrected chi connectivity index (χ2v) is 8.53. The third kappa shape index (κ3) is 5.97. The van der Waals surface area contributed by atoms with E-state index >= 15 is 0 Å². The minimum atomic E-state index is -0.452. The van der Waals surface area contributed by atoms with Crippen LogP contribution in [-0.2, 0) is 11.4 Å². The Labute approximate surface area is 199 Å². The molecule has 0 bridgehead atoms. The molecule has 0 unspecified atom stereocenters. The van der Waals surface area contributed by atoms with Crippen molar-refractivity contribution in [1.82, 2.24) is 5.32 Å². The monoisotopic (exact) mass is 547 g/mol. The van der Waals surface area contributed by atoms with Crippen molar-refractivity contribution < 1.29 is 19.2 Å². The molecular formula is C23H22IN3O5. The fourth-order valence-corrected chi connectivity index (χ4v) is 4.26. The lowest BCUT2D eigenvalue weighted by Gasteiger charge is -2.14. The van der Waals surface area contributed by atoms with Crippen LogP contribution in [0.1, 0.15) is 36.8 Å². The first-order chi connectivity index (χ1) is 15.4. The molecule has 3 rings (SSSR count). The van der Waals surface area contributed by atoms with Gasteiger partial charge in [0.2, 0.25) is 0 Å². The summed E-state index contributed by atoms with van der Waals surface area (Å²) in [5.41, 5.74) is 1.47. The van der Waals surface area contributed by atoms with Crippen LogP contribution in [0.5, 0.6) is 11.5 Å². The molecule has 1 fully saturated rings. The van der Waals surface area contributed by atoms with Gasteiger partial charge in [-0.05, 0) is 76.9 Å². The number of hydrogen-bond donors (Lipinski definition) is 1. The molecule has 0 aromatic heterocycles. The summed E-state index contributed by atoms with van der Waals surface area (Å²) >= 11 is 2.10. The molecule has 2 aromatic carbocycles.